The van der Waals surface area contributed by atoms with E-state index in [-0.39, 0.29) is 19.1 Å². The number of amides is 2. The summed E-state index contributed by atoms with van der Waals surface area (Å²) in [5.74, 6) is -3.10. The number of ether oxygens (including phenoxy) is 1. The summed E-state index contributed by atoms with van der Waals surface area (Å²) in [5.41, 5.74) is -1.59. The summed E-state index contributed by atoms with van der Waals surface area (Å²) in [7, 11) is 0. The van der Waals surface area contributed by atoms with Crippen LogP contribution in [-0.2, 0) is 19.1 Å². The quantitative estimate of drug-likeness (QED) is 0.585. The first kappa shape index (κ1) is 17.1. The number of esters is 1. The zero-order valence-electron chi connectivity index (χ0n) is 13.5. The molecule has 24 heavy (non-hydrogen) atoms. The molecule has 0 aliphatic carbocycles. The molecule has 0 aromatic carbocycles. The van der Waals surface area contributed by atoms with Crippen molar-refractivity contribution in [2.75, 3.05) is 19.8 Å². The number of nitrogens with zero attached hydrogens (tertiary/aromatic N) is 1. The molecule has 0 saturated carbocycles. The highest BCUT2D eigenvalue weighted by atomic mass is 32.1. The molecule has 2 saturated heterocycles. The lowest BCUT2D eigenvalue weighted by Crippen LogP contribution is -2.59. The number of carbonyl (C=O) groups is 3. The van der Waals surface area contributed by atoms with Crippen LogP contribution in [0.3, 0.4) is 0 Å². The van der Waals surface area contributed by atoms with Crippen LogP contribution in [0.2, 0.25) is 0 Å². The van der Waals surface area contributed by atoms with Crippen LogP contribution < -0.4 is 5.32 Å². The molecule has 4 unspecified atom stereocenters. The molecule has 4 atom stereocenters. The van der Waals surface area contributed by atoms with Crippen LogP contribution in [-0.4, -0.2) is 53.1 Å². The van der Waals surface area contributed by atoms with Gasteiger partial charge in [0.15, 0.2) is 5.54 Å². The number of nitrogens with one attached hydrogen (secondary N) is 1. The van der Waals surface area contributed by atoms with Crippen LogP contribution in [0.5, 0.6) is 0 Å². The Bertz CT molecular complexity index is 661. The summed E-state index contributed by atoms with van der Waals surface area (Å²) < 4.78 is 5.11. The number of aliphatic hydroxyl groups is 1. The van der Waals surface area contributed by atoms with E-state index in [2.05, 4.69) is 5.32 Å². The molecule has 3 rings (SSSR count). The molecular formula is C16H20N2O5S. The summed E-state index contributed by atoms with van der Waals surface area (Å²) in [6.07, 6.45) is 0. The maximum Gasteiger partial charge on any atom is 0.329 e. The van der Waals surface area contributed by atoms with E-state index in [1.54, 1.807) is 13.8 Å². The van der Waals surface area contributed by atoms with Crippen molar-refractivity contribution < 1.29 is 24.2 Å². The topological polar surface area (TPSA) is 95.9 Å². The average Bonchev–Trinajstić information content (AvgIpc) is 3.25. The van der Waals surface area contributed by atoms with Gasteiger partial charge in [0, 0.05) is 11.4 Å². The van der Waals surface area contributed by atoms with Crippen molar-refractivity contribution in [1.29, 1.82) is 0 Å². The normalized spacial score (nSPS) is 32.3. The summed E-state index contributed by atoms with van der Waals surface area (Å²) in [4.78, 5) is 40.1. The first-order valence-corrected chi connectivity index (χ1v) is 8.84. The van der Waals surface area contributed by atoms with Crippen molar-refractivity contribution >= 4 is 29.1 Å². The second-order valence-electron chi connectivity index (χ2n) is 5.91. The predicted molar refractivity (Wildman–Crippen MR) is 86.0 cm³/mol. The second-order valence-corrected chi connectivity index (χ2v) is 6.89. The molecule has 3 heterocycles. The predicted octanol–water partition coefficient (Wildman–Crippen LogP) is 0.308. The highest BCUT2D eigenvalue weighted by molar-refractivity contribution is 7.10. The monoisotopic (exact) mass is 352 g/mol. The van der Waals surface area contributed by atoms with E-state index in [9.17, 15) is 19.5 Å². The molecule has 2 N–H and O–H groups in total. The van der Waals surface area contributed by atoms with Gasteiger partial charge in [0.2, 0.25) is 11.8 Å². The third-order valence-electron chi connectivity index (χ3n) is 4.80. The van der Waals surface area contributed by atoms with E-state index >= 15 is 0 Å². The Morgan fingerprint density at radius 2 is 2.17 bits per heavy atom. The van der Waals surface area contributed by atoms with Gasteiger partial charge in [-0.3, -0.25) is 19.8 Å². The first-order valence-electron chi connectivity index (χ1n) is 7.96. The van der Waals surface area contributed by atoms with Crippen molar-refractivity contribution in [3.8, 4) is 0 Å². The molecule has 0 radical (unpaired) electrons. The fourth-order valence-electron chi connectivity index (χ4n) is 3.74. The summed E-state index contributed by atoms with van der Waals surface area (Å²) >= 11 is 1.44. The second kappa shape index (κ2) is 6.27. The van der Waals surface area contributed by atoms with Gasteiger partial charge >= 0.3 is 5.97 Å². The fraction of sp³-hybridized carbons (Fsp3) is 0.562. The molecule has 2 aliphatic heterocycles. The molecule has 2 amide bonds. The fourth-order valence-corrected chi connectivity index (χ4v) is 4.57. The Hall–Kier alpha value is -1.77. The van der Waals surface area contributed by atoms with Gasteiger partial charge in [-0.15, -0.1) is 11.3 Å². The van der Waals surface area contributed by atoms with E-state index in [1.165, 1.54) is 16.2 Å². The van der Waals surface area contributed by atoms with Gasteiger partial charge in [-0.05, 0) is 25.3 Å². The Labute approximate surface area is 143 Å². The van der Waals surface area contributed by atoms with E-state index < -0.39 is 41.9 Å². The maximum atomic E-state index is 12.8. The molecule has 2 fully saturated rings. The van der Waals surface area contributed by atoms with E-state index in [0.29, 0.717) is 0 Å². The zero-order chi connectivity index (χ0) is 17.5. The molecule has 2 aliphatic rings. The van der Waals surface area contributed by atoms with Gasteiger partial charge in [-0.2, -0.15) is 0 Å². The van der Waals surface area contributed by atoms with Gasteiger partial charge in [-0.1, -0.05) is 6.07 Å². The van der Waals surface area contributed by atoms with E-state index in [4.69, 9.17) is 4.74 Å². The van der Waals surface area contributed by atoms with Gasteiger partial charge in [0.25, 0.3) is 0 Å². The van der Waals surface area contributed by atoms with Crippen LogP contribution in [0, 0.1) is 11.8 Å². The van der Waals surface area contributed by atoms with Gasteiger partial charge in [0.1, 0.15) is 0 Å². The van der Waals surface area contributed by atoms with Gasteiger partial charge < -0.3 is 9.84 Å². The van der Waals surface area contributed by atoms with Crippen molar-refractivity contribution in [3.63, 3.8) is 0 Å². The third kappa shape index (κ3) is 2.21. The number of rotatable bonds is 5. The van der Waals surface area contributed by atoms with Crippen molar-refractivity contribution in [2.45, 2.75) is 25.4 Å². The highest BCUT2D eigenvalue weighted by Gasteiger charge is 2.68. The molecular weight excluding hydrogens is 332 g/mol. The van der Waals surface area contributed by atoms with Crippen LogP contribution in [0.4, 0.5) is 0 Å². The standard InChI is InChI=1S/C16H20N2O5S/c1-3-18-13(20)10-11(14(18)21)16(8-19,15(22)23-4-2)17-12(10)9-6-5-7-24-9/h5-7,10-12,17,19H,3-4,8H2,1-2H3. The van der Waals surface area contributed by atoms with Crippen LogP contribution >= 0.6 is 11.3 Å². The lowest BCUT2D eigenvalue weighted by molar-refractivity contribution is -0.158. The molecule has 1 aromatic rings. The Morgan fingerprint density at radius 3 is 2.71 bits per heavy atom. The average molecular weight is 352 g/mol. The minimum absolute atomic E-state index is 0.128. The Morgan fingerprint density at radius 1 is 1.42 bits per heavy atom. The molecule has 130 valence electrons. The van der Waals surface area contributed by atoms with Crippen LogP contribution in [0.25, 0.3) is 0 Å². The number of imide groups is 1. The number of hydrogen-bond donors (Lipinski definition) is 2. The Balaban J connectivity index is 2.10. The Kier molecular flexibility index (Phi) is 4.46. The molecule has 0 spiro atoms. The van der Waals surface area contributed by atoms with Gasteiger partial charge in [0.05, 0.1) is 31.1 Å². The molecule has 1 aromatic heterocycles. The van der Waals surface area contributed by atoms with Crippen LogP contribution in [0.1, 0.15) is 24.8 Å². The minimum Gasteiger partial charge on any atom is -0.465 e. The lowest BCUT2D eigenvalue weighted by atomic mass is 9.80. The molecule has 7 nitrogen and oxygen atoms in total. The number of aliphatic hydroxyl groups excluding tert-OH is 1. The van der Waals surface area contributed by atoms with Crippen molar-refractivity contribution in [3.05, 3.63) is 22.4 Å². The lowest BCUT2D eigenvalue weighted by Gasteiger charge is -2.30. The number of likely N-dealkylation sites (tertiary alicyclic amines) is 1. The summed E-state index contributed by atoms with van der Waals surface area (Å²) in [5, 5.41) is 14.9. The molecule has 8 heteroatoms. The van der Waals surface area contributed by atoms with E-state index in [1.807, 2.05) is 17.5 Å². The number of thiophene rings is 1. The zero-order valence-corrected chi connectivity index (χ0v) is 14.3. The largest absolute Gasteiger partial charge is 0.465 e. The summed E-state index contributed by atoms with van der Waals surface area (Å²) in [6, 6.07) is 3.20. The number of carbonyl (C=O) groups excluding carboxylic acids is 3. The third-order valence-corrected chi connectivity index (χ3v) is 5.76. The van der Waals surface area contributed by atoms with Crippen molar-refractivity contribution in [1.82, 2.24) is 10.2 Å². The smallest absolute Gasteiger partial charge is 0.329 e. The highest BCUT2D eigenvalue weighted by Crippen LogP contribution is 2.49. The minimum atomic E-state index is -1.59. The summed E-state index contributed by atoms with van der Waals surface area (Å²) in [6.45, 7) is 3.14. The van der Waals surface area contributed by atoms with E-state index in [0.717, 1.165) is 4.88 Å². The maximum absolute atomic E-state index is 12.8. The number of hydrogen-bond acceptors (Lipinski definition) is 7. The van der Waals surface area contributed by atoms with Gasteiger partial charge in [-0.25, -0.2) is 4.79 Å². The number of fused-ring (bicyclic) bond motifs is 1. The molecule has 0 bridgehead atoms. The van der Waals surface area contributed by atoms with Crippen LogP contribution in [0.15, 0.2) is 17.5 Å². The first-order chi connectivity index (χ1) is 11.5. The SMILES string of the molecule is CCOC(=O)C1(CO)NC(c2cccs2)C2C(=O)N(CC)C(=O)C21. The van der Waals surface area contributed by atoms with Crippen molar-refractivity contribution in [2.24, 2.45) is 11.8 Å².